The molecular formula is C19H18Cl2N4OS. The number of rotatable bonds is 5. The summed E-state index contributed by atoms with van der Waals surface area (Å²) >= 11 is 14.0. The Hall–Kier alpha value is -1.60. The average molecular weight is 421 g/mol. The van der Waals surface area contributed by atoms with Crippen LogP contribution in [0.1, 0.15) is 19.3 Å². The van der Waals surface area contributed by atoms with E-state index in [0.29, 0.717) is 15.9 Å². The maximum Gasteiger partial charge on any atom is 0.196 e. The summed E-state index contributed by atoms with van der Waals surface area (Å²) in [7, 11) is 0. The van der Waals surface area contributed by atoms with Gasteiger partial charge in [-0.25, -0.2) is 0 Å². The predicted octanol–water partition coefficient (Wildman–Crippen LogP) is 5.30. The van der Waals surface area contributed by atoms with Crippen molar-refractivity contribution in [2.24, 2.45) is 0 Å². The lowest BCUT2D eigenvalue weighted by Gasteiger charge is -2.22. The molecule has 0 N–H and O–H groups in total. The summed E-state index contributed by atoms with van der Waals surface area (Å²) in [5.41, 5.74) is 1.75. The van der Waals surface area contributed by atoms with Crippen LogP contribution in [0.4, 0.5) is 0 Å². The van der Waals surface area contributed by atoms with Crippen molar-refractivity contribution in [2.45, 2.75) is 30.5 Å². The van der Waals surface area contributed by atoms with Gasteiger partial charge in [-0.3, -0.25) is 9.55 Å². The Balaban J connectivity index is 1.70. The fourth-order valence-corrected chi connectivity index (χ4v) is 4.32. The van der Waals surface area contributed by atoms with Crippen molar-refractivity contribution in [3.05, 3.63) is 52.8 Å². The molecule has 1 atom stereocenters. The van der Waals surface area contributed by atoms with Crippen molar-refractivity contribution >= 4 is 35.0 Å². The van der Waals surface area contributed by atoms with Gasteiger partial charge in [0.15, 0.2) is 11.0 Å². The highest BCUT2D eigenvalue weighted by molar-refractivity contribution is 7.99. The summed E-state index contributed by atoms with van der Waals surface area (Å²) in [6.07, 6.45) is 7.21. The second-order valence-corrected chi connectivity index (χ2v) is 8.08. The number of ether oxygens (including phenoxy) is 1. The smallest absolute Gasteiger partial charge is 0.196 e. The van der Waals surface area contributed by atoms with E-state index >= 15 is 0 Å². The number of hydrogen-bond acceptors (Lipinski definition) is 5. The van der Waals surface area contributed by atoms with E-state index in [9.17, 15) is 0 Å². The molecule has 4 rings (SSSR count). The third-order valence-electron chi connectivity index (χ3n) is 4.39. The van der Waals surface area contributed by atoms with Gasteiger partial charge in [0.2, 0.25) is 0 Å². The van der Waals surface area contributed by atoms with E-state index in [1.54, 1.807) is 30.2 Å². The number of benzene rings is 1. The Morgan fingerprint density at radius 2 is 2.07 bits per heavy atom. The molecule has 1 fully saturated rings. The van der Waals surface area contributed by atoms with Crippen molar-refractivity contribution < 1.29 is 4.74 Å². The van der Waals surface area contributed by atoms with Crippen LogP contribution in [-0.2, 0) is 4.74 Å². The highest BCUT2D eigenvalue weighted by Gasteiger charge is 2.20. The molecule has 0 saturated carbocycles. The number of nitrogens with zero attached hydrogens (tertiary/aromatic N) is 4. The first-order valence-electron chi connectivity index (χ1n) is 8.78. The normalized spacial score (nSPS) is 17.2. The number of pyridine rings is 1. The standard InChI is InChI=1S/C19H18Cl2N4OS/c20-16-7-6-14(10-17(16)21)25-18(13-4-3-8-22-11-13)23-24-19(25)27-12-15-5-1-2-9-26-15/h3-4,6-8,10-11,15H,1-2,5,9,12H2. The van der Waals surface area contributed by atoms with Crippen LogP contribution in [0.2, 0.25) is 10.0 Å². The maximum absolute atomic E-state index is 6.26. The highest BCUT2D eigenvalue weighted by Crippen LogP contribution is 2.32. The monoisotopic (exact) mass is 420 g/mol. The van der Waals surface area contributed by atoms with Gasteiger partial charge < -0.3 is 4.74 Å². The SMILES string of the molecule is Clc1ccc(-n2c(SCC3CCCCO3)nnc2-c2cccnc2)cc1Cl. The van der Waals surface area contributed by atoms with Gasteiger partial charge in [-0.2, -0.15) is 0 Å². The van der Waals surface area contributed by atoms with Gasteiger partial charge in [-0.1, -0.05) is 35.0 Å². The van der Waals surface area contributed by atoms with Gasteiger partial charge in [0.05, 0.1) is 21.8 Å². The molecule has 1 aliphatic heterocycles. The Morgan fingerprint density at radius 1 is 1.15 bits per heavy atom. The number of thioether (sulfide) groups is 1. The van der Waals surface area contributed by atoms with Gasteiger partial charge in [0.1, 0.15) is 0 Å². The van der Waals surface area contributed by atoms with Gasteiger partial charge in [0, 0.05) is 30.3 Å². The molecule has 140 valence electrons. The second kappa shape index (κ2) is 8.61. The van der Waals surface area contributed by atoms with E-state index in [-0.39, 0.29) is 6.10 Å². The zero-order chi connectivity index (χ0) is 18.6. The molecule has 2 aromatic heterocycles. The van der Waals surface area contributed by atoms with Crippen LogP contribution in [0.15, 0.2) is 47.9 Å². The molecule has 0 bridgehead atoms. The summed E-state index contributed by atoms with van der Waals surface area (Å²) in [5.74, 6) is 1.56. The summed E-state index contributed by atoms with van der Waals surface area (Å²) in [6, 6.07) is 9.37. The van der Waals surface area contributed by atoms with Crippen LogP contribution in [0.5, 0.6) is 0 Å². The summed E-state index contributed by atoms with van der Waals surface area (Å²) in [6.45, 7) is 0.839. The molecule has 1 unspecified atom stereocenters. The van der Waals surface area contributed by atoms with E-state index in [4.69, 9.17) is 27.9 Å². The fourth-order valence-electron chi connectivity index (χ4n) is 3.01. The van der Waals surface area contributed by atoms with Crippen LogP contribution in [0.25, 0.3) is 17.1 Å². The molecule has 3 aromatic rings. The van der Waals surface area contributed by atoms with Gasteiger partial charge in [0.25, 0.3) is 0 Å². The highest BCUT2D eigenvalue weighted by atomic mass is 35.5. The minimum Gasteiger partial charge on any atom is -0.377 e. The van der Waals surface area contributed by atoms with Crippen LogP contribution in [0.3, 0.4) is 0 Å². The van der Waals surface area contributed by atoms with Crippen LogP contribution in [-0.4, -0.2) is 38.2 Å². The Kier molecular flexibility index (Phi) is 5.98. The molecule has 27 heavy (non-hydrogen) atoms. The minimum absolute atomic E-state index is 0.254. The number of halogens is 2. The molecule has 1 aliphatic rings. The molecule has 0 radical (unpaired) electrons. The fraction of sp³-hybridized carbons (Fsp3) is 0.316. The van der Waals surface area contributed by atoms with E-state index in [1.807, 2.05) is 28.8 Å². The second-order valence-electron chi connectivity index (χ2n) is 6.28. The van der Waals surface area contributed by atoms with Crippen molar-refractivity contribution in [1.82, 2.24) is 19.7 Å². The quantitative estimate of drug-likeness (QED) is 0.524. The van der Waals surface area contributed by atoms with Crippen molar-refractivity contribution in [3.8, 4) is 17.1 Å². The molecule has 0 amide bonds. The molecule has 1 aromatic carbocycles. The minimum atomic E-state index is 0.254. The van der Waals surface area contributed by atoms with E-state index in [2.05, 4.69) is 15.2 Å². The van der Waals surface area contributed by atoms with Gasteiger partial charge in [-0.15, -0.1) is 10.2 Å². The molecule has 3 heterocycles. The van der Waals surface area contributed by atoms with Crippen molar-refractivity contribution in [2.75, 3.05) is 12.4 Å². The molecule has 5 nitrogen and oxygen atoms in total. The first-order chi connectivity index (χ1) is 13.2. The third kappa shape index (κ3) is 4.29. The van der Waals surface area contributed by atoms with Crippen molar-refractivity contribution in [3.63, 3.8) is 0 Å². The van der Waals surface area contributed by atoms with Crippen LogP contribution >= 0.6 is 35.0 Å². The van der Waals surface area contributed by atoms with Gasteiger partial charge in [-0.05, 0) is 49.6 Å². The Bertz CT molecular complexity index is 913. The first kappa shape index (κ1) is 18.7. The lowest BCUT2D eigenvalue weighted by Crippen LogP contribution is -2.21. The van der Waals surface area contributed by atoms with Crippen LogP contribution in [0, 0.1) is 0 Å². The van der Waals surface area contributed by atoms with E-state index < -0.39 is 0 Å². The lowest BCUT2D eigenvalue weighted by molar-refractivity contribution is 0.0315. The number of aromatic nitrogens is 4. The Morgan fingerprint density at radius 3 is 2.81 bits per heavy atom. The molecule has 8 heteroatoms. The molecular weight excluding hydrogens is 403 g/mol. The molecule has 0 aliphatic carbocycles. The van der Waals surface area contributed by atoms with E-state index in [1.165, 1.54) is 6.42 Å². The maximum atomic E-state index is 6.26. The van der Waals surface area contributed by atoms with Crippen molar-refractivity contribution in [1.29, 1.82) is 0 Å². The molecule has 0 spiro atoms. The predicted molar refractivity (Wildman–Crippen MR) is 109 cm³/mol. The Labute approximate surface area is 172 Å². The molecule has 1 saturated heterocycles. The first-order valence-corrected chi connectivity index (χ1v) is 10.5. The summed E-state index contributed by atoms with van der Waals surface area (Å²) in [4.78, 5) is 4.20. The summed E-state index contributed by atoms with van der Waals surface area (Å²) in [5, 5.41) is 10.6. The zero-order valence-corrected chi connectivity index (χ0v) is 16.8. The lowest BCUT2D eigenvalue weighted by atomic mass is 10.1. The summed E-state index contributed by atoms with van der Waals surface area (Å²) < 4.78 is 7.84. The number of hydrogen-bond donors (Lipinski definition) is 0. The largest absolute Gasteiger partial charge is 0.377 e. The van der Waals surface area contributed by atoms with Gasteiger partial charge >= 0.3 is 0 Å². The topological polar surface area (TPSA) is 52.8 Å². The van der Waals surface area contributed by atoms with E-state index in [0.717, 1.165) is 41.6 Å². The van der Waals surface area contributed by atoms with Crippen LogP contribution < -0.4 is 0 Å². The zero-order valence-electron chi connectivity index (χ0n) is 14.5. The average Bonchev–Trinajstić information content (AvgIpc) is 3.14. The third-order valence-corrected chi connectivity index (χ3v) is 6.19.